The van der Waals surface area contributed by atoms with Crippen molar-refractivity contribution in [3.63, 3.8) is 0 Å². The molecule has 156 valence electrons. The van der Waals surface area contributed by atoms with Gasteiger partial charge in [0.05, 0.1) is 10.8 Å². The molecule has 0 saturated heterocycles. The van der Waals surface area contributed by atoms with E-state index in [1.54, 1.807) is 0 Å². The third-order valence-corrected chi connectivity index (χ3v) is 6.52. The molecule has 1 N–H and O–H groups in total. The highest BCUT2D eigenvalue weighted by molar-refractivity contribution is 8.00. The van der Waals surface area contributed by atoms with Crippen molar-refractivity contribution in [3.8, 4) is 6.07 Å². The molecule has 0 fully saturated rings. The Labute approximate surface area is 186 Å². The van der Waals surface area contributed by atoms with Gasteiger partial charge in [-0.05, 0) is 63.6 Å². The van der Waals surface area contributed by atoms with E-state index in [4.69, 9.17) is 0 Å². The summed E-state index contributed by atoms with van der Waals surface area (Å²) >= 11 is 1.31. The largest absolute Gasteiger partial charge is 0.341 e. The summed E-state index contributed by atoms with van der Waals surface area (Å²) in [4.78, 5) is 17.4. The van der Waals surface area contributed by atoms with Gasteiger partial charge in [0.1, 0.15) is 11.1 Å². The van der Waals surface area contributed by atoms with Crippen LogP contribution in [0.25, 0.3) is 21.8 Å². The fraction of sp³-hybridized carbons (Fsp3) is 0.240. The van der Waals surface area contributed by atoms with E-state index >= 15 is 0 Å². The maximum absolute atomic E-state index is 12.9. The fourth-order valence-corrected chi connectivity index (χ4v) is 4.98. The summed E-state index contributed by atoms with van der Waals surface area (Å²) in [5, 5.41) is 15.0. The molecule has 0 aliphatic carbocycles. The molecule has 6 heteroatoms. The Morgan fingerprint density at radius 1 is 1.16 bits per heavy atom. The Morgan fingerprint density at radius 3 is 2.65 bits per heavy atom. The van der Waals surface area contributed by atoms with E-state index in [-0.39, 0.29) is 5.91 Å². The topological polar surface area (TPSA) is 70.7 Å². The van der Waals surface area contributed by atoms with Crippen LogP contribution in [0.15, 0.2) is 53.6 Å². The number of rotatable bonds is 5. The number of benzene rings is 2. The third kappa shape index (κ3) is 3.89. The number of nitriles is 1. The van der Waals surface area contributed by atoms with E-state index in [0.29, 0.717) is 10.6 Å². The van der Waals surface area contributed by atoms with E-state index in [0.717, 1.165) is 34.4 Å². The van der Waals surface area contributed by atoms with Gasteiger partial charge in [-0.3, -0.25) is 4.79 Å². The lowest BCUT2D eigenvalue weighted by molar-refractivity contribution is -0.115. The predicted molar refractivity (Wildman–Crippen MR) is 127 cm³/mol. The van der Waals surface area contributed by atoms with Crippen LogP contribution in [0, 0.1) is 25.2 Å². The number of aromatic nitrogens is 2. The quantitative estimate of drug-likeness (QED) is 0.407. The molecule has 4 aromatic rings. The number of carbonyl (C=O) groups is 1. The number of thioether (sulfide) groups is 1. The number of pyridine rings is 1. The van der Waals surface area contributed by atoms with Crippen LogP contribution in [-0.2, 0) is 11.3 Å². The summed E-state index contributed by atoms with van der Waals surface area (Å²) in [6.45, 7) is 8.64. The van der Waals surface area contributed by atoms with Crippen molar-refractivity contribution in [2.24, 2.45) is 0 Å². The van der Waals surface area contributed by atoms with Gasteiger partial charge < -0.3 is 9.88 Å². The lowest BCUT2D eigenvalue weighted by Gasteiger charge is -2.14. The van der Waals surface area contributed by atoms with E-state index in [2.05, 4.69) is 46.1 Å². The van der Waals surface area contributed by atoms with Crippen LogP contribution >= 0.6 is 11.8 Å². The molecule has 0 bridgehead atoms. The minimum atomic E-state index is -0.395. The molecule has 31 heavy (non-hydrogen) atoms. The van der Waals surface area contributed by atoms with Crippen molar-refractivity contribution in [3.05, 3.63) is 65.4 Å². The molecule has 2 aromatic carbocycles. The summed E-state index contributed by atoms with van der Waals surface area (Å²) in [7, 11) is 0. The number of aryl methyl sites for hydroxylation is 3. The number of hydrogen-bond acceptors (Lipinski definition) is 4. The van der Waals surface area contributed by atoms with Crippen molar-refractivity contribution in [1.82, 2.24) is 9.55 Å². The molecule has 0 aliphatic rings. The van der Waals surface area contributed by atoms with Crippen molar-refractivity contribution < 1.29 is 4.79 Å². The predicted octanol–water partition coefficient (Wildman–Crippen LogP) is 5.82. The lowest BCUT2D eigenvalue weighted by atomic mass is 10.1. The molecule has 5 nitrogen and oxygen atoms in total. The molecule has 1 atom stereocenters. The van der Waals surface area contributed by atoms with Crippen molar-refractivity contribution >= 4 is 45.2 Å². The zero-order valence-electron chi connectivity index (χ0n) is 18.1. The second-order valence-electron chi connectivity index (χ2n) is 7.62. The first-order chi connectivity index (χ1) is 14.9. The van der Waals surface area contributed by atoms with E-state index in [9.17, 15) is 10.1 Å². The number of fused-ring (bicyclic) bond motifs is 3. The normalized spacial score (nSPS) is 12.1. The highest BCUT2D eigenvalue weighted by Crippen LogP contribution is 2.32. The number of hydrogen-bond donors (Lipinski definition) is 1. The molecule has 1 amide bonds. The Balaban J connectivity index is 1.60. The maximum atomic E-state index is 12.9. The van der Waals surface area contributed by atoms with Crippen LogP contribution in [0.4, 0.5) is 5.69 Å². The smallest absolute Gasteiger partial charge is 0.237 e. The first kappa shape index (κ1) is 21.0. The van der Waals surface area contributed by atoms with Crippen molar-refractivity contribution in [2.75, 3.05) is 5.32 Å². The van der Waals surface area contributed by atoms with Crippen LogP contribution in [-0.4, -0.2) is 20.7 Å². The zero-order valence-corrected chi connectivity index (χ0v) is 18.9. The summed E-state index contributed by atoms with van der Waals surface area (Å²) in [6, 6.07) is 18.5. The molecule has 0 aliphatic heterocycles. The monoisotopic (exact) mass is 428 g/mol. The van der Waals surface area contributed by atoms with Crippen LogP contribution < -0.4 is 5.32 Å². The van der Waals surface area contributed by atoms with Crippen LogP contribution in [0.1, 0.15) is 30.7 Å². The number of anilines is 1. The van der Waals surface area contributed by atoms with Gasteiger partial charge in [-0.15, -0.1) is 0 Å². The van der Waals surface area contributed by atoms with Gasteiger partial charge in [0.2, 0.25) is 5.91 Å². The molecule has 2 heterocycles. The molecule has 0 spiro atoms. The minimum absolute atomic E-state index is 0.117. The van der Waals surface area contributed by atoms with Gasteiger partial charge >= 0.3 is 0 Å². The SMILES string of the molecule is CCn1c2ccccc2c2cc(NC(=O)C(C)Sc3nc(C)cc(C)c3C#N)ccc21. The van der Waals surface area contributed by atoms with Gasteiger partial charge in [0.25, 0.3) is 0 Å². The standard InChI is InChI=1S/C25H24N4OS/c1-5-29-22-9-7-6-8-19(22)20-13-18(10-11-23(20)29)28-24(30)17(4)31-25-21(14-26)15(2)12-16(3)27-25/h6-13,17H,5H2,1-4H3,(H,28,30). The third-order valence-electron chi connectivity index (χ3n) is 5.44. The second-order valence-corrected chi connectivity index (χ2v) is 8.94. The highest BCUT2D eigenvalue weighted by Gasteiger charge is 2.19. The second kappa shape index (κ2) is 8.44. The molecular weight excluding hydrogens is 404 g/mol. The van der Waals surface area contributed by atoms with Gasteiger partial charge in [-0.2, -0.15) is 5.26 Å². The summed E-state index contributed by atoms with van der Waals surface area (Å²) < 4.78 is 2.28. The number of nitrogens with zero attached hydrogens (tertiary/aromatic N) is 3. The Hall–Kier alpha value is -3.30. The van der Waals surface area contributed by atoms with E-state index < -0.39 is 5.25 Å². The lowest BCUT2D eigenvalue weighted by Crippen LogP contribution is -2.22. The zero-order chi connectivity index (χ0) is 22.1. The molecule has 1 unspecified atom stereocenters. The Morgan fingerprint density at radius 2 is 1.90 bits per heavy atom. The minimum Gasteiger partial charge on any atom is -0.341 e. The molecule has 2 aromatic heterocycles. The number of amides is 1. The number of para-hydroxylation sites is 1. The Bertz CT molecular complexity index is 1350. The molecule has 0 radical (unpaired) electrons. The van der Waals surface area contributed by atoms with Crippen molar-refractivity contribution in [2.45, 2.75) is 44.5 Å². The molecular formula is C25H24N4OS. The first-order valence-electron chi connectivity index (χ1n) is 10.3. The number of carbonyl (C=O) groups excluding carboxylic acids is 1. The molecule has 0 saturated carbocycles. The van der Waals surface area contributed by atoms with Gasteiger partial charge in [-0.25, -0.2) is 4.98 Å². The van der Waals surface area contributed by atoms with Crippen LogP contribution in [0.5, 0.6) is 0 Å². The summed E-state index contributed by atoms with van der Waals surface area (Å²) in [5.74, 6) is -0.117. The number of nitrogens with one attached hydrogen (secondary N) is 1. The van der Waals surface area contributed by atoms with Gasteiger partial charge in [0.15, 0.2) is 0 Å². The first-order valence-corrected chi connectivity index (χ1v) is 11.2. The summed E-state index contributed by atoms with van der Waals surface area (Å²) in [6.07, 6.45) is 0. The molecule has 4 rings (SSSR count). The van der Waals surface area contributed by atoms with E-state index in [1.807, 2.05) is 51.1 Å². The average molecular weight is 429 g/mol. The maximum Gasteiger partial charge on any atom is 0.237 e. The van der Waals surface area contributed by atoms with Gasteiger partial charge in [-0.1, -0.05) is 30.0 Å². The van der Waals surface area contributed by atoms with Crippen LogP contribution in [0.3, 0.4) is 0 Å². The fourth-order valence-electron chi connectivity index (χ4n) is 3.96. The Kier molecular flexibility index (Phi) is 5.71. The average Bonchev–Trinajstić information content (AvgIpc) is 3.06. The van der Waals surface area contributed by atoms with Crippen molar-refractivity contribution in [1.29, 1.82) is 5.26 Å². The van der Waals surface area contributed by atoms with E-state index in [1.165, 1.54) is 22.7 Å². The summed E-state index contributed by atoms with van der Waals surface area (Å²) in [5.41, 5.74) is 5.36. The highest BCUT2D eigenvalue weighted by atomic mass is 32.2. The van der Waals surface area contributed by atoms with Gasteiger partial charge in [0, 0.05) is 39.7 Å². The van der Waals surface area contributed by atoms with Crippen LogP contribution in [0.2, 0.25) is 0 Å².